The monoisotopic (exact) mass is 318 g/mol. The Morgan fingerprint density at radius 1 is 0.750 bits per heavy atom. The van der Waals surface area contributed by atoms with Gasteiger partial charge in [0, 0.05) is 12.8 Å². The Labute approximate surface area is 125 Å². The van der Waals surface area contributed by atoms with Crippen molar-refractivity contribution in [3.8, 4) is 0 Å². The molecule has 0 saturated carbocycles. The zero-order valence-electron chi connectivity index (χ0n) is 13.9. The van der Waals surface area contributed by atoms with E-state index in [9.17, 15) is 9.59 Å². The minimum Gasteiger partial charge on any atom is -0.520 e. The molecule has 0 aliphatic carbocycles. The second kappa shape index (κ2) is 8.61. The Morgan fingerprint density at radius 3 is 1.30 bits per heavy atom. The van der Waals surface area contributed by atoms with Crippen molar-refractivity contribution < 1.29 is 18.4 Å². The SMILES string of the molecule is CCCC(=O)O[Si](C)(C)CC[Si](C)(C)OC(=O)CCC. The summed E-state index contributed by atoms with van der Waals surface area (Å²) in [7, 11) is -3.98. The molecule has 0 aliphatic heterocycles. The summed E-state index contributed by atoms with van der Waals surface area (Å²) < 4.78 is 11.2. The van der Waals surface area contributed by atoms with Crippen LogP contribution in [0.1, 0.15) is 39.5 Å². The molecule has 0 amide bonds. The van der Waals surface area contributed by atoms with Crippen LogP contribution in [0.2, 0.25) is 38.3 Å². The Hall–Kier alpha value is -0.626. The van der Waals surface area contributed by atoms with Gasteiger partial charge in [-0.1, -0.05) is 13.8 Å². The van der Waals surface area contributed by atoms with Gasteiger partial charge in [0.25, 0.3) is 11.9 Å². The van der Waals surface area contributed by atoms with Crippen LogP contribution in [0.15, 0.2) is 0 Å². The molecule has 4 nitrogen and oxygen atoms in total. The molecule has 0 unspecified atom stereocenters. The van der Waals surface area contributed by atoms with Crippen LogP contribution >= 0.6 is 0 Å². The maximum absolute atomic E-state index is 11.6. The van der Waals surface area contributed by atoms with E-state index in [-0.39, 0.29) is 11.9 Å². The maximum atomic E-state index is 11.6. The van der Waals surface area contributed by atoms with Gasteiger partial charge in [-0.3, -0.25) is 9.59 Å². The number of hydrogen-bond acceptors (Lipinski definition) is 4. The third-order valence-electron chi connectivity index (χ3n) is 3.02. The molecule has 0 aromatic carbocycles. The topological polar surface area (TPSA) is 52.6 Å². The Bertz CT molecular complexity index is 295. The fourth-order valence-electron chi connectivity index (χ4n) is 1.83. The summed E-state index contributed by atoms with van der Waals surface area (Å²) in [5, 5.41) is 0. The quantitative estimate of drug-likeness (QED) is 0.601. The van der Waals surface area contributed by atoms with Crippen molar-refractivity contribution in [3.63, 3.8) is 0 Å². The van der Waals surface area contributed by atoms with E-state index < -0.39 is 16.6 Å². The largest absolute Gasteiger partial charge is 0.520 e. The van der Waals surface area contributed by atoms with E-state index in [4.69, 9.17) is 8.85 Å². The van der Waals surface area contributed by atoms with Crippen LogP contribution in [0.4, 0.5) is 0 Å². The first-order valence-corrected chi connectivity index (χ1v) is 13.8. The van der Waals surface area contributed by atoms with Gasteiger partial charge in [-0.05, 0) is 51.1 Å². The molecule has 0 aromatic rings. The number of carbonyl (C=O) groups excluding carboxylic acids is 2. The summed E-state index contributed by atoms with van der Waals surface area (Å²) >= 11 is 0. The zero-order chi connectivity index (χ0) is 15.8. The normalized spacial score (nSPS) is 12.1. The Kier molecular flexibility index (Phi) is 8.34. The van der Waals surface area contributed by atoms with Crippen LogP contribution in [0.5, 0.6) is 0 Å². The van der Waals surface area contributed by atoms with Crippen LogP contribution in [-0.2, 0) is 18.4 Å². The molecule has 118 valence electrons. The van der Waals surface area contributed by atoms with Crippen molar-refractivity contribution in [3.05, 3.63) is 0 Å². The summed E-state index contributed by atoms with van der Waals surface area (Å²) in [6.45, 7) is 12.2. The van der Waals surface area contributed by atoms with Gasteiger partial charge in [0.2, 0.25) is 16.6 Å². The summed E-state index contributed by atoms with van der Waals surface area (Å²) in [6.07, 6.45) is 2.61. The highest BCUT2D eigenvalue weighted by Gasteiger charge is 2.33. The summed E-state index contributed by atoms with van der Waals surface area (Å²) in [5.74, 6) is -0.182. The first-order chi connectivity index (χ1) is 9.12. The highest BCUT2D eigenvalue weighted by Crippen LogP contribution is 2.23. The highest BCUT2D eigenvalue weighted by atomic mass is 28.4. The molecular formula is C14H30O4Si2. The second-order valence-electron chi connectivity index (χ2n) is 6.47. The van der Waals surface area contributed by atoms with Gasteiger partial charge in [0.05, 0.1) is 0 Å². The molecule has 0 aromatic heterocycles. The third kappa shape index (κ3) is 9.30. The fraction of sp³-hybridized carbons (Fsp3) is 0.857. The van der Waals surface area contributed by atoms with E-state index >= 15 is 0 Å². The first-order valence-electron chi connectivity index (χ1n) is 7.55. The average Bonchev–Trinajstić information content (AvgIpc) is 2.26. The van der Waals surface area contributed by atoms with Crippen molar-refractivity contribution in [1.29, 1.82) is 0 Å². The lowest BCUT2D eigenvalue weighted by Gasteiger charge is -2.28. The van der Waals surface area contributed by atoms with Gasteiger partial charge in [0.1, 0.15) is 0 Å². The van der Waals surface area contributed by atoms with E-state index in [1.165, 1.54) is 0 Å². The van der Waals surface area contributed by atoms with Crippen LogP contribution in [-0.4, -0.2) is 28.6 Å². The first kappa shape index (κ1) is 19.4. The lowest BCUT2D eigenvalue weighted by Crippen LogP contribution is -2.39. The van der Waals surface area contributed by atoms with E-state index in [2.05, 4.69) is 26.2 Å². The van der Waals surface area contributed by atoms with E-state index in [0.29, 0.717) is 12.8 Å². The number of rotatable bonds is 9. The van der Waals surface area contributed by atoms with Crippen molar-refractivity contribution in [2.24, 2.45) is 0 Å². The molecule has 0 aliphatic rings. The minimum atomic E-state index is -1.99. The van der Waals surface area contributed by atoms with E-state index in [0.717, 1.165) is 24.9 Å². The summed E-state index contributed by atoms with van der Waals surface area (Å²) in [6, 6.07) is 1.72. The molecule has 0 radical (unpaired) electrons. The predicted octanol–water partition coefficient (Wildman–Crippen LogP) is 4.08. The lowest BCUT2D eigenvalue weighted by atomic mass is 10.4. The second-order valence-corrected chi connectivity index (χ2v) is 14.9. The van der Waals surface area contributed by atoms with Crippen LogP contribution < -0.4 is 0 Å². The predicted molar refractivity (Wildman–Crippen MR) is 86.6 cm³/mol. The Morgan fingerprint density at radius 2 is 1.05 bits per heavy atom. The van der Waals surface area contributed by atoms with Crippen molar-refractivity contribution in [2.75, 3.05) is 0 Å². The molecule has 0 bridgehead atoms. The van der Waals surface area contributed by atoms with E-state index in [1.807, 2.05) is 13.8 Å². The zero-order valence-corrected chi connectivity index (χ0v) is 15.9. The smallest absolute Gasteiger partial charge is 0.292 e. The van der Waals surface area contributed by atoms with Crippen molar-refractivity contribution in [1.82, 2.24) is 0 Å². The maximum Gasteiger partial charge on any atom is 0.292 e. The van der Waals surface area contributed by atoms with E-state index in [1.54, 1.807) is 0 Å². The number of carbonyl (C=O) groups is 2. The molecule has 0 saturated heterocycles. The van der Waals surface area contributed by atoms with Crippen molar-refractivity contribution in [2.45, 2.75) is 77.8 Å². The highest BCUT2D eigenvalue weighted by molar-refractivity contribution is 6.77. The van der Waals surface area contributed by atoms with Gasteiger partial charge >= 0.3 is 0 Å². The van der Waals surface area contributed by atoms with Crippen LogP contribution in [0.25, 0.3) is 0 Å². The molecular weight excluding hydrogens is 288 g/mol. The third-order valence-corrected chi connectivity index (χ3v) is 7.99. The molecule has 6 heteroatoms. The van der Waals surface area contributed by atoms with Crippen LogP contribution in [0.3, 0.4) is 0 Å². The molecule has 0 spiro atoms. The van der Waals surface area contributed by atoms with Gasteiger partial charge in [-0.15, -0.1) is 0 Å². The summed E-state index contributed by atoms with van der Waals surface area (Å²) in [5.41, 5.74) is 0. The van der Waals surface area contributed by atoms with Gasteiger partial charge in [-0.2, -0.15) is 0 Å². The van der Waals surface area contributed by atoms with Gasteiger partial charge in [-0.25, -0.2) is 0 Å². The molecule has 0 fully saturated rings. The molecule has 0 rings (SSSR count). The fourth-order valence-corrected chi connectivity index (χ4v) is 8.29. The molecule has 0 atom stereocenters. The minimum absolute atomic E-state index is 0.0911. The molecule has 0 N–H and O–H groups in total. The standard InChI is InChI=1S/C14H30O4Si2/c1-7-9-13(15)17-19(3,4)11-12-20(5,6)18-14(16)10-8-2/h7-12H2,1-6H3. The number of hydrogen-bond donors (Lipinski definition) is 0. The van der Waals surface area contributed by atoms with Gasteiger partial charge in [0.15, 0.2) is 0 Å². The lowest BCUT2D eigenvalue weighted by molar-refractivity contribution is -0.136. The van der Waals surface area contributed by atoms with Gasteiger partial charge < -0.3 is 8.85 Å². The van der Waals surface area contributed by atoms with Crippen molar-refractivity contribution >= 4 is 28.6 Å². The summed E-state index contributed by atoms with van der Waals surface area (Å²) in [4.78, 5) is 23.2. The van der Waals surface area contributed by atoms with Crippen LogP contribution in [0, 0.1) is 0 Å². The Balaban J connectivity index is 4.28. The molecule has 0 heterocycles. The average molecular weight is 319 g/mol. The molecule has 20 heavy (non-hydrogen) atoms.